The van der Waals surface area contributed by atoms with Gasteiger partial charge in [0, 0.05) is 30.3 Å². The number of halogens is 5. The minimum absolute atomic E-state index is 0.0524. The number of aryl methyl sites for hydroxylation is 1. The van der Waals surface area contributed by atoms with Gasteiger partial charge in [0.2, 0.25) is 5.91 Å². The number of carbonyl (C=O) groups is 1. The number of alkyl halides is 3. The highest BCUT2D eigenvalue weighted by atomic mass is 35.5. The van der Waals surface area contributed by atoms with Crippen molar-refractivity contribution in [3.8, 4) is 22.6 Å². The average Bonchev–Trinajstić information content (AvgIpc) is 3.44. The molecule has 0 atom stereocenters. The zero-order valence-electron chi connectivity index (χ0n) is 19.8. The Labute approximate surface area is 220 Å². The molecule has 0 saturated heterocycles. The molecule has 1 amide bonds. The van der Waals surface area contributed by atoms with Crippen LogP contribution in [0.1, 0.15) is 37.4 Å². The van der Waals surface area contributed by atoms with Gasteiger partial charge in [-0.1, -0.05) is 35.3 Å². The van der Waals surface area contributed by atoms with Gasteiger partial charge in [-0.2, -0.15) is 23.4 Å². The Bertz CT molecular complexity index is 1490. The van der Waals surface area contributed by atoms with E-state index >= 15 is 0 Å². The number of nitrogens with zero attached hydrogens (tertiary/aromatic N) is 6. The summed E-state index contributed by atoms with van der Waals surface area (Å²) in [5.41, 5.74) is 0.942. The standard InChI is InChI=1S/C25H21Cl2F3N6O/c1-14(2)36-24(19(27)12-32-36)20-11-21-34(22(37)7-9-35(21)33-20)13-15-5-6-16(18(26)10-15)23-17(25(28,29)30)4-3-8-31-23/h3-6,8,10-12,14H,7,9,13H2,1-2H3. The van der Waals surface area contributed by atoms with Gasteiger partial charge in [-0.25, -0.2) is 4.68 Å². The normalized spacial score (nSPS) is 13.9. The lowest BCUT2D eigenvalue weighted by molar-refractivity contribution is -0.137. The van der Waals surface area contributed by atoms with Crippen LogP contribution in [-0.2, 0) is 24.1 Å². The van der Waals surface area contributed by atoms with E-state index in [2.05, 4.69) is 15.2 Å². The Kier molecular flexibility index (Phi) is 6.49. The molecule has 37 heavy (non-hydrogen) atoms. The van der Waals surface area contributed by atoms with Crippen molar-refractivity contribution in [2.45, 2.75) is 45.6 Å². The second kappa shape index (κ2) is 9.50. The van der Waals surface area contributed by atoms with Crippen LogP contribution in [-0.4, -0.2) is 30.5 Å². The highest BCUT2D eigenvalue weighted by molar-refractivity contribution is 6.33. The van der Waals surface area contributed by atoms with Crippen LogP contribution in [0.25, 0.3) is 22.6 Å². The van der Waals surface area contributed by atoms with Crippen molar-refractivity contribution in [1.82, 2.24) is 24.5 Å². The number of benzene rings is 1. The molecule has 0 saturated carbocycles. The number of hydrogen-bond donors (Lipinski definition) is 0. The van der Waals surface area contributed by atoms with Crippen LogP contribution in [0, 0.1) is 0 Å². The maximum absolute atomic E-state index is 13.5. The van der Waals surface area contributed by atoms with Crippen molar-refractivity contribution in [2.75, 3.05) is 4.90 Å². The number of anilines is 1. The first-order valence-corrected chi connectivity index (χ1v) is 12.2. The summed E-state index contributed by atoms with van der Waals surface area (Å²) in [5.74, 6) is 0.481. The molecule has 0 radical (unpaired) electrons. The number of amides is 1. The molecule has 1 aromatic carbocycles. The van der Waals surface area contributed by atoms with Crippen molar-refractivity contribution in [1.29, 1.82) is 0 Å². The molecule has 0 aliphatic carbocycles. The van der Waals surface area contributed by atoms with E-state index in [1.54, 1.807) is 38.7 Å². The van der Waals surface area contributed by atoms with Crippen molar-refractivity contribution < 1.29 is 18.0 Å². The van der Waals surface area contributed by atoms with E-state index in [1.807, 2.05) is 13.8 Å². The summed E-state index contributed by atoms with van der Waals surface area (Å²) in [7, 11) is 0. The quantitative estimate of drug-likeness (QED) is 0.280. The van der Waals surface area contributed by atoms with Crippen LogP contribution in [0.4, 0.5) is 19.0 Å². The van der Waals surface area contributed by atoms with Gasteiger partial charge >= 0.3 is 6.18 Å². The lowest BCUT2D eigenvalue weighted by Gasteiger charge is -2.27. The fourth-order valence-electron chi connectivity index (χ4n) is 4.39. The van der Waals surface area contributed by atoms with Crippen LogP contribution in [0.3, 0.4) is 0 Å². The molecule has 12 heteroatoms. The molecule has 1 aliphatic heterocycles. The lowest BCUT2D eigenvalue weighted by atomic mass is 10.0. The summed E-state index contributed by atoms with van der Waals surface area (Å²) >= 11 is 12.8. The molecule has 3 aromatic heterocycles. The van der Waals surface area contributed by atoms with Crippen LogP contribution < -0.4 is 4.90 Å². The maximum atomic E-state index is 13.5. The molecular formula is C25H21Cl2F3N6O. The summed E-state index contributed by atoms with van der Waals surface area (Å²) in [6.45, 7) is 4.54. The third-order valence-electron chi connectivity index (χ3n) is 6.10. The van der Waals surface area contributed by atoms with Gasteiger partial charge in [0.15, 0.2) is 0 Å². The minimum atomic E-state index is -4.57. The molecular weight excluding hydrogens is 528 g/mol. The second-order valence-corrected chi connectivity index (χ2v) is 9.75. The van der Waals surface area contributed by atoms with Gasteiger partial charge in [-0.15, -0.1) is 0 Å². The largest absolute Gasteiger partial charge is 0.418 e. The monoisotopic (exact) mass is 548 g/mol. The number of carbonyl (C=O) groups excluding carboxylic acids is 1. The van der Waals surface area contributed by atoms with E-state index in [0.717, 1.165) is 6.07 Å². The molecule has 0 bridgehead atoms. The Morgan fingerprint density at radius 1 is 1.11 bits per heavy atom. The summed E-state index contributed by atoms with van der Waals surface area (Å²) < 4.78 is 44.0. The molecule has 4 heterocycles. The number of aromatic nitrogens is 5. The zero-order chi connectivity index (χ0) is 26.5. The van der Waals surface area contributed by atoms with Crippen LogP contribution >= 0.6 is 23.2 Å². The second-order valence-electron chi connectivity index (χ2n) is 8.93. The molecule has 192 valence electrons. The van der Waals surface area contributed by atoms with Crippen molar-refractivity contribution in [2.24, 2.45) is 0 Å². The molecule has 0 unspecified atom stereocenters. The molecule has 4 aromatic rings. The average molecular weight is 549 g/mol. The summed E-state index contributed by atoms with van der Waals surface area (Å²) in [6.07, 6.45) is -1.47. The summed E-state index contributed by atoms with van der Waals surface area (Å²) in [5, 5.41) is 9.55. The fraction of sp³-hybridized carbons (Fsp3) is 0.280. The van der Waals surface area contributed by atoms with Gasteiger partial charge in [0.1, 0.15) is 17.2 Å². The highest BCUT2D eigenvalue weighted by Crippen LogP contribution is 2.39. The van der Waals surface area contributed by atoms with Crippen LogP contribution in [0.5, 0.6) is 0 Å². The van der Waals surface area contributed by atoms with Gasteiger partial charge in [0.05, 0.1) is 40.6 Å². The van der Waals surface area contributed by atoms with E-state index in [-0.39, 0.29) is 41.2 Å². The van der Waals surface area contributed by atoms with E-state index in [1.165, 1.54) is 18.3 Å². The first-order valence-electron chi connectivity index (χ1n) is 11.5. The van der Waals surface area contributed by atoms with Crippen molar-refractivity contribution in [3.05, 3.63) is 70.0 Å². The Balaban J connectivity index is 1.48. The molecule has 0 spiro atoms. The molecule has 1 aliphatic rings. The van der Waals surface area contributed by atoms with Gasteiger partial charge in [0.25, 0.3) is 0 Å². The topological polar surface area (TPSA) is 68.8 Å². The number of rotatable bonds is 5. The Morgan fingerprint density at radius 2 is 1.89 bits per heavy atom. The molecule has 0 fully saturated rings. The van der Waals surface area contributed by atoms with Crippen LogP contribution in [0.2, 0.25) is 10.0 Å². The van der Waals surface area contributed by atoms with Crippen molar-refractivity contribution >= 4 is 34.9 Å². The molecule has 7 nitrogen and oxygen atoms in total. The van der Waals surface area contributed by atoms with E-state index < -0.39 is 11.7 Å². The first-order chi connectivity index (χ1) is 17.5. The molecule has 5 rings (SSSR count). The van der Waals surface area contributed by atoms with Gasteiger partial charge in [-0.05, 0) is 37.6 Å². The minimum Gasteiger partial charge on any atom is -0.292 e. The fourth-order valence-corrected chi connectivity index (χ4v) is 4.91. The Morgan fingerprint density at radius 3 is 2.59 bits per heavy atom. The van der Waals surface area contributed by atoms with Gasteiger partial charge in [-0.3, -0.25) is 19.4 Å². The van der Waals surface area contributed by atoms with Gasteiger partial charge < -0.3 is 0 Å². The predicted octanol–water partition coefficient (Wildman–Crippen LogP) is 6.65. The van der Waals surface area contributed by atoms with Crippen molar-refractivity contribution in [3.63, 3.8) is 0 Å². The predicted molar refractivity (Wildman–Crippen MR) is 134 cm³/mol. The summed E-state index contributed by atoms with van der Waals surface area (Å²) in [6, 6.07) is 8.73. The van der Waals surface area contributed by atoms with Crippen LogP contribution in [0.15, 0.2) is 48.8 Å². The third kappa shape index (κ3) is 4.71. The highest BCUT2D eigenvalue weighted by Gasteiger charge is 2.35. The Hall–Kier alpha value is -3.37. The third-order valence-corrected chi connectivity index (χ3v) is 6.69. The number of pyridine rings is 1. The van der Waals surface area contributed by atoms with E-state index in [4.69, 9.17) is 23.2 Å². The smallest absolute Gasteiger partial charge is 0.292 e. The zero-order valence-corrected chi connectivity index (χ0v) is 21.3. The van der Waals surface area contributed by atoms with E-state index in [0.29, 0.717) is 34.3 Å². The lowest BCUT2D eigenvalue weighted by Crippen LogP contribution is -2.36. The first kappa shape index (κ1) is 25.3. The number of fused-ring (bicyclic) bond motifs is 1. The maximum Gasteiger partial charge on any atom is 0.418 e. The summed E-state index contributed by atoms with van der Waals surface area (Å²) in [4.78, 5) is 18.4. The van der Waals surface area contributed by atoms with E-state index in [9.17, 15) is 18.0 Å². The molecule has 0 N–H and O–H groups in total. The number of hydrogen-bond acceptors (Lipinski definition) is 4. The SMILES string of the molecule is CC(C)n1ncc(Cl)c1-c1cc2n(n1)CCC(=O)N2Cc1ccc(-c2ncccc2C(F)(F)F)c(Cl)c1.